The molecule has 0 saturated carbocycles. The van der Waals surface area contributed by atoms with E-state index in [-0.39, 0.29) is 5.91 Å². The lowest BCUT2D eigenvalue weighted by atomic mass is 10.1. The molecule has 3 heteroatoms. The number of benzene rings is 2. The molecule has 0 aromatic heterocycles. The number of anilines is 1. The molecule has 1 N–H and O–H groups in total. The molecular weight excluding hydrogens is 262 g/mol. The van der Waals surface area contributed by atoms with E-state index in [9.17, 15) is 4.79 Å². The Kier molecular flexibility index (Phi) is 4.99. The molecule has 1 atom stereocenters. The van der Waals surface area contributed by atoms with Gasteiger partial charge in [0.25, 0.3) is 5.91 Å². The maximum Gasteiger partial charge on any atom is 0.265 e. The van der Waals surface area contributed by atoms with E-state index in [1.165, 1.54) is 5.56 Å². The lowest BCUT2D eigenvalue weighted by Gasteiger charge is -2.16. The summed E-state index contributed by atoms with van der Waals surface area (Å²) in [5.41, 5.74) is 3.05. The van der Waals surface area contributed by atoms with Crippen LogP contribution in [-0.4, -0.2) is 12.0 Å². The van der Waals surface area contributed by atoms with Gasteiger partial charge in [-0.05, 0) is 49.6 Å². The van der Waals surface area contributed by atoms with E-state index < -0.39 is 6.10 Å². The van der Waals surface area contributed by atoms with Crippen LogP contribution < -0.4 is 10.1 Å². The van der Waals surface area contributed by atoms with Crippen LogP contribution in [0, 0.1) is 6.92 Å². The first-order valence-electron chi connectivity index (χ1n) is 7.22. The van der Waals surface area contributed by atoms with Crippen molar-refractivity contribution in [2.75, 3.05) is 5.32 Å². The summed E-state index contributed by atoms with van der Waals surface area (Å²) in [6, 6.07) is 15.5. The minimum Gasteiger partial charge on any atom is -0.481 e. The fourth-order valence-corrected chi connectivity index (χ4v) is 2.04. The molecule has 0 aliphatic heterocycles. The van der Waals surface area contributed by atoms with Gasteiger partial charge in [-0.2, -0.15) is 0 Å². The average Bonchev–Trinajstić information content (AvgIpc) is 2.49. The van der Waals surface area contributed by atoms with Crippen molar-refractivity contribution in [1.29, 1.82) is 0 Å². The largest absolute Gasteiger partial charge is 0.481 e. The highest BCUT2D eigenvalue weighted by Crippen LogP contribution is 2.17. The Morgan fingerprint density at radius 2 is 1.95 bits per heavy atom. The van der Waals surface area contributed by atoms with Gasteiger partial charge in [-0.25, -0.2) is 0 Å². The number of carbonyl (C=O) groups is 1. The molecule has 0 aliphatic carbocycles. The van der Waals surface area contributed by atoms with Gasteiger partial charge in [0, 0.05) is 5.69 Å². The lowest BCUT2D eigenvalue weighted by Crippen LogP contribution is -2.30. The zero-order valence-corrected chi connectivity index (χ0v) is 12.7. The summed E-state index contributed by atoms with van der Waals surface area (Å²) >= 11 is 0. The van der Waals surface area contributed by atoms with E-state index in [1.54, 1.807) is 6.92 Å². The standard InChI is InChI=1S/C18H21NO2/c1-4-15-9-7-10-16(12-15)21-14(3)18(20)19-17-11-6-5-8-13(17)2/h5-12,14H,4H2,1-3H3,(H,19,20). The predicted octanol–water partition coefficient (Wildman–Crippen LogP) is 3.96. The van der Waals surface area contributed by atoms with Gasteiger partial charge >= 0.3 is 0 Å². The average molecular weight is 283 g/mol. The molecule has 0 radical (unpaired) electrons. The Labute approximate surface area is 126 Å². The van der Waals surface area contributed by atoms with E-state index in [4.69, 9.17) is 4.74 Å². The van der Waals surface area contributed by atoms with Crippen molar-refractivity contribution in [2.24, 2.45) is 0 Å². The predicted molar refractivity (Wildman–Crippen MR) is 85.7 cm³/mol. The maximum atomic E-state index is 12.2. The highest BCUT2D eigenvalue weighted by atomic mass is 16.5. The third-order valence-electron chi connectivity index (χ3n) is 3.39. The molecule has 21 heavy (non-hydrogen) atoms. The smallest absolute Gasteiger partial charge is 0.265 e. The summed E-state index contributed by atoms with van der Waals surface area (Å²) in [6.45, 7) is 5.81. The van der Waals surface area contributed by atoms with Crippen molar-refractivity contribution in [2.45, 2.75) is 33.3 Å². The van der Waals surface area contributed by atoms with Gasteiger partial charge in [-0.1, -0.05) is 37.3 Å². The number of amides is 1. The van der Waals surface area contributed by atoms with Gasteiger partial charge in [0.05, 0.1) is 0 Å². The Morgan fingerprint density at radius 1 is 1.19 bits per heavy atom. The minimum absolute atomic E-state index is 0.147. The van der Waals surface area contributed by atoms with Gasteiger partial charge in [0.1, 0.15) is 5.75 Å². The van der Waals surface area contributed by atoms with Gasteiger partial charge in [0.2, 0.25) is 0 Å². The van der Waals surface area contributed by atoms with E-state index in [2.05, 4.69) is 12.2 Å². The normalized spacial score (nSPS) is 11.8. The molecule has 0 heterocycles. The molecule has 1 unspecified atom stereocenters. The summed E-state index contributed by atoms with van der Waals surface area (Å²) in [4.78, 5) is 12.2. The zero-order valence-electron chi connectivity index (χ0n) is 12.7. The Hall–Kier alpha value is -2.29. The second-order valence-electron chi connectivity index (χ2n) is 5.07. The number of rotatable bonds is 5. The van der Waals surface area contributed by atoms with Crippen LogP contribution in [0.15, 0.2) is 48.5 Å². The lowest BCUT2D eigenvalue weighted by molar-refractivity contribution is -0.122. The van der Waals surface area contributed by atoms with Crippen molar-refractivity contribution in [3.05, 3.63) is 59.7 Å². The monoisotopic (exact) mass is 283 g/mol. The minimum atomic E-state index is -0.545. The fraction of sp³-hybridized carbons (Fsp3) is 0.278. The van der Waals surface area contributed by atoms with Crippen LogP contribution >= 0.6 is 0 Å². The first kappa shape index (κ1) is 15.1. The van der Waals surface area contributed by atoms with E-state index >= 15 is 0 Å². The van der Waals surface area contributed by atoms with Crippen LogP contribution in [0.2, 0.25) is 0 Å². The van der Waals surface area contributed by atoms with Crippen LogP contribution in [-0.2, 0) is 11.2 Å². The van der Waals surface area contributed by atoms with E-state index in [0.29, 0.717) is 0 Å². The first-order chi connectivity index (χ1) is 10.1. The highest BCUT2D eigenvalue weighted by Gasteiger charge is 2.15. The number of ether oxygens (including phenoxy) is 1. The van der Waals surface area contributed by atoms with Gasteiger partial charge in [0.15, 0.2) is 6.10 Å². The van der Waals surface area contributed by atoms with E-state index in [0.717, 1.165) is 23.4 Å². The highest BCUT2D eigenvalue weighted by molar-refractivity contribution is 5.94. The summed E-state index contributed by atoms with van der Waals surface area (Å²) < 4.78 is 5.72. The molecule has 2 rings (SSSR count). The van der Waals surface area contributed by atoms with Crippen LogP contribution in [0.5, 0.6) is 5.75 Å². The molecule has 0 saturated heterocycles. The molecule has 0 aliphatic rings. The summed E-state index contributed by atoms with van der Waals surface area (Å²) in [7, 11) is 0. The van der Waals surface area contributed by atoms with Crippen molar-refractivity contribution in [1.82, 2.24) is 0 Å². The van der Waals surface area contributed by atoms with Crippen LogP contribution in [0.25, 0.3) is 0 Å². The van der Waals surface area contributed by atoms with Crippen LogP contribution in [0.1, 0.15) is 25.0 Å². The second kappa shape index (κ2) is 6.93. The maximum absolute atomic E-state index is 12.2. The fourth-order valence-electron chi connectivity index (χ4n) is 2.04. The van der Waals surface area contributed by atoms with Crippen LogP contribution in [0.3, 0.4) is 0 Å². The summed E-state index contributed by atoms with van der Waals surface area (Å²) in [5, 5.41) is 2.89. The molecule has 3 nitrogen and oxygen atoms in total. The molecule has 2 aromatic carbocycles. The molecule has 2 aromatic rings. The van der Waals surface area contributed by atoms with Gasteiger partial charge in [-0.3, -0.25) is 4.79 Å². The van der Waals surface area contributed by atoms with Crippen molar-refractivity contribution in [3.63, 3.8) is 0 Å². The third kappa shape index (κ3) is 4.09. The van der Waals surface area contributed by atoms with Crippen LogP contribution in [0.4, 0.5) is 5.69 Å². The van der Waals surface area contributed by atoms with E-state index in [1.807, 2.05) is 55.5 Å². The number of aryl methyl sites for hydroxylation is 2. The Morgan fingerprint density at radius 3 is 2.67 bits per heavy atom. The molecule has 110 valence electrons. The topological polar surface area (TPSA) is 38.3 Å². The SMILES string of the molecule is CCc1cccc(OC(C)C(=O)Nc2ccccc2C)c1. The number of hydrogen-bond acceptors (Lipinski definition) is 2. The Bertz CT molecular complexity index is 622. The molecule has 0 fully saturated rings. The van der Waals surface area contributed by atoms with Gasteiger partial charge < -0.3 is 10.1 Å². The summed E-state index contributed by atoms with van der Waals surface area (Å²) in [5.74, 6) is 0.577. The number of carbonyl (C=O) groups excluding carboxylic acids is 1. The molecule has 1 amide bonds. The van der Waals surface area contributed by atoms with Crippen molar-refractivity contribution >= 4 is 11.6 Å². The number of para-hydroxylation sites is 1. The third-order valence-corrected chi connectivity index (χ3v) is 3.39. The quantitative estimate of drug-likeness (QED) is 0.902. The Balaban J connectivity index is 2.01. The second-order valence-corrected chi connectivity index (χ2v) is 5.07. The number of hydrogen-bond donors (Lipinski definition) is 1. The van der Waals surface area contributed by atoms with Gasteiger partial charge in [-0.15, -0.1) is 0 Å². The van der Waals surface area contributed by atoms with Crippen molar-refractivity contribution < 1.29 is 9.53 Å². The molecule has 0 spiro atoms. The zero-order chi connectivity index (χ0) is 15.2. The summed E-state index contributed by atoms with van der Waals surface area (Å²) in [6.07, 6.45) is 0.401. The van der Waals surface area contributed by atoms with Crippen molar-refractivity contribution in [3.8, 4) is 5.75 Å². The first-order valence-corrected chi connectivity index (χ1v) is 7.22. The molecular formula is C18H21NO2. The number of nitrogens with one attached hydrogen (secondary N) is 1. The molecule has 0 bridgehead atoms.